The molecule has 1 aliphatic rings. The van der Waals surface area contributed by atoms with Crippen LogP contribution in [0.1, 0.15) is 19.8 Å². The first-order valence-electron chi connectivity index (χ1n) is 2.77. The first-order valence-corrected chi connectivity index (χ1v) is 3.11. The summed E-state index contributed by atoms with van der Waals surface area (Å²) in [5.41, 5.74) is 0. The third kappa shape index (κ3) is 1.32. The van der Waals surface area contributed by atoms with Gasteiger partial charge in [0.25, 0.3) is 0 Å². The molecule has 1 saturated carbocycles. The summed E-state index contributed by atoms with van der Waals surface area (Å²) in [5, 5.41) is 0. The van der Waals surface area contributed by atoms with Crippen LogP contribution in [0.4, 0.5) is 0 Å². The Balaban J connectivity index is 2.10. The number of hydrogen-bond donors (Lipinski definition) is 0. The third-order valence-electron chi connectivity index (χ3n) is 1.25. The standard InChI is InChI=1S/C5H10ClN/c1-2-7(6)5-3-4-5/h5H,2-4H2,1H3. The van der Waals surface area contributed by atoms with Crippen LogP contribution < -0.4 is 0 Å². The minimum atomic E-state index is 0.715. The Morgan fingerprint density at radius 1 is 1.71 bits per heavy atom. The maximum absolute atomic E-state index is 5.70. The highest BCUT2D eigenvalue weighted by atomic mass is 35.5. The van der Waals surface area contributed by atoms with E-state index in [0.717, 1.165) is 6.54 Å². The van der Waals surface area contributed by atoms with Gasteiger partial charge in [0.15, 0.2) is 0 Å². The number of hydrogen-bond acceptors (Lipinski definition) is 1. The molecule has 2 heteroatoms. The van der Waals surface area contributed by atoms with Crippen molar-refractivity contribution in [3.05, 3.63) is 0 Å². The van der Waals surface area contributed by atoms with Crippen molar-refractivity contribution in [1.29, 1.82) is 0 Å². The van der Waals surface area contributed by atoms with Crippen molar-refractivity contribution in [3.63, 3.8) is 0 Å². The van der Waals surface area contributed by atoms with Crippen molar-refractivity contribution in [3.8, 4) is 0 Å². The Kier molecular flexibility index (Phi) is 1.55. The lowest BCUT2D eigenvalue weighted by atomic mass is 10.6. The van der Waals surface area contributed by atoms with Crippen molar-refractivity contribution < 1.29 is 0 Å². The Hall–Kier alpha value is 0.250. The van der Waals surface area contributed by atoms with Gasteiger partial charge in [0, 0.05) is 12.6 Å². The average molecular weight is 120 g/mol. The monoisotopic (exact) mass is 119 g/mol. The van der Waals surface area contributed by atoms with E-state index in [1.54, 1.807) is 0 Å². The van der Waals surface area contributed by atoms with Crippen LogP contribution in [-0.4, -0.2) is 17.0 Å². The van der Waals surface area contributed by atoms with Crippen LogP contribution in [0.3, 0.4) is 0 Å². The average Bonchev–Trinajstić information content (AvgIpc) is 2.44. The molecule has 0 aromatic rings. The van der Waals surface area contributed by atoms with Crippen LogP contribution in [0.2, 0.25) is 0 Å². The summed E-state index contributed by atoms with van der Waals surface area (Å²) < 4.78 is 1.88. The fourth-order valence-electron chi connectivity index (χ4n) is 0.613. The first kappa shape index (κ1) is 5.39. The molecule has 1 aliphatic carbocycles. The second kappa shape index (κ2) is 2.01. The van der Waals surface area contributed by atoms with Gasteiger partial charge in [-0.05, 0) is 24.6 Å². The summed E-state index contributed by atoms with van der Waals surface area (Å²) in [6.45, 7) is 3.05. The summed E-state index contributed by atoms with van der Waals surface area (Å²) in [6.07, 6.45) is 2.61. The normalized spacial score (nSPS) is 21.0. The largest absolute Gasteiger partial charge is 0.217 e. The van der Waals surface area contributed by atoms with E-state index in [1.807, 2.05) is 4.42 Å². The molecule has 0 aromatic carbocycles. The molecular weight excluding hydrogens is 110 g/mol. The zero-order valence-corrected chi connectivity index (χ0v) is 5.28. The lowest BCUT2D eigenvalue weighted by Gasteiger charge is -2.05. The highest BCUT2D eigenvalue weighted by Gasteiger charge is 2.26. The number of rotatable bonds is 2. The molecule has 0 spiro atoms. The minimum Gasteiger partial charge on any atom is -0.217 e. The van der Waals surface area contributed by atoms with Gasteiger partial charge in [0.2, 0.25) is 0 Å². The lowest BCUT2D eigenvalue weighted by Crippen LogP contribution is -2.12. The molecule has 1 fully saturated rings. The van der Waals surface area contributed by atoms with Crippen LogP contribution in [0.25, 0.3) is 0 Å². The van der Waals surface area contributed by atoms with Gasteiger partial charge in [0.1, 0.15) is 0 Å². The Labute approximate surface area is 49.4 Å². The molecule has 1 nitrogen and oxygen atoms in total. The van der Waals surface area contributed by atoms with E-state index in [2.05, 4.69) is 6.92 Å². The topological polar surface area (TPSA) is 3.24 Å². The van der Waals surface area contributed by atoms with Gasteiger partial charge < -0.3 is 0 Å². The second-order valence-corrected chi connectivity index (χ2v) is 2.38. The molecule has 0 amide bonds. The minimum absolute atomic E-state index is 0.715. The molecule has 0 bridgehead atoms. The summed E-state index contributed by atoms with van der Waals surface area (Å²) in [4.78, 5) is 0. The SMILES string of the molecule is CCN(Cl)C1CC1. The summed E-state index contributed by atoms with van der Waals surface area (Å²) in [7, 11) is 0. The van der Waals surface area contributed by atoms with E-state index in [9.17, 15) is 0 Å². The number of nitrogens with zero attached hydrogens (tertiary/aromatic N) is 1. The molecule has 0 heterocycles. The summed E-state index contributed by atoms with van der Waals surface area (Å²) in [5.74, 6) is 0. The van der Waals surface area contributed by atoms with Gasteiger partial charge in [-0.1, -0.05) is 6.92 Å². The van der Waals surface area contributed by atoms with Gasteiger partial charge in [-0.15, -0.1) is 0 Å². The van der Waals surface area contributed by atoms with Crippen molar-refractivity contribution >= 4 is 11.8 Å². The quantitative estimate of drug-likeness (QED) is 0.500. The van der Waals surface area contributed by atoms with Crippen molar-refractivity contribution in [2.75, 3.05) is 6.54 Å². The van der Waals surface area contributed by atoms with Gasteiger partial charge >= 0.3 is 0 Å². The summed E-state index contributed by atoms with van der Waals surface area (Å²) in [6, 6.07) is 0.715. The predicted octanol–water partition coefficient (Wildman–Crippen LogP) is 1.62. The zero-order valence-electron chi connectivity index (χ0n) is 4.52. The third-order valence-corrected chi connectivity index (χ3v) is 1.76. The van der Waals surface area contributed by atoms with E-state index in [-0.39, 0.29) is 0 Å². The maximum Gasteiger partial charge on any atom is 0.0252 e. The highest BCUT2D eigenvalue weighted by molar-refractivity contribution is 6.13. The van der Waals surface area contributed by atoms with E-state index >= 15 is 0 Å². The van der Waals surface area contributed by atoms with Crippen LogP contribution in [0.15, 0.2) is 0 Å². The molecule has 0 unspecified atom stereocenters. The van der Waals surface area contributed by atoms with Crippen molar-refractivity contribution in [2.45, 2.75) is 25.8 Å². The molecular formula is C5H10ClN. The van der Waals surface area contributed by atoms with Crippen LogP contribution in [-0.2, 0) is 0 Å². The molecule has 0 atom stereocenters. The molecule has 1 rings (SSSR count). The van der Waals surface area contributed by atoms with E-state index in [4.69, 9.17) is 11.8 Å². The number of halogens is 1. The Morgan fingerprint density at radius 3 is 2.43 bits per heavy atom. The highest BCUT2D eigenvalue weighted by Crippen LogP contribution is 2.27. The Morgan fingerprint density at radius 2 is 2.29 bits per heavy atom. The van der Waals surface area contributed by atoms with Gasteiger partial charge in [-0.25, -0.2) is 4.42 Å². The molecule has 0 aromatic heterocycles. The van der Waals surface area contributed by atoms with Crippen LogP contribution in [0.5, 0.6) is 0 Å². The zero-order chi connectivity index (χ0) is 5.28. The maximum atomic E-state index is 5.70. The fourth-order valence-corrected chi connectivity index (χ4v) is 0.808. The predicted molar refractivity (Wildman–Crippen MR) is 31.3 cm³/mol. The first-order chi connectivity index (χ1) is 3.34. The van der Waals surface area contributed by atoms with Crippen LogP contribution >= 0.6 is 11.8 Å². The molecule has 0 saturated heterocycles. The summed E-state index contributed by atoms with van der Waals surface area (Å²) >= 11 is 5.70. The molecule has 0 N–H and O–H groups in total. The van der Waals surface area contributed by atoms with Gasteiger partial charge in [0.05, 0.1) is 0 Å². The van der Waals surface area contributed by atoms with Gasteiger partial charge in [-0.3, -0.25) is 0 Å². The van der Waals surface area contributed by atoms with Crippen LogP contribution in [0, 0.1) is 0 Å². The van der Waals surface area contributed by atoms with E-state index in [1.165, 1.54) is 12.8 Å². The van der Waals surface area contributed by atoms with Crippen molar-refractivity contribution in [1.82, 2.24) is 4.42 Å². The second-order valence-electron chi connectivity index (χ2n) is 1.95. The van der Waals surface area contributed by atoms with E-state index < -0.39 is 0 Å². The van der Waals surface area contributed by atoms with Gasteiger partial charge in [-0.2, -0.15) is 0 Å². The van der Waals surface area contributed by atoms with E-state index in [0.29, 0.717) is 6.04 Å². The molecule has 42 valence electrons. The molecule has 0 radical (unpaired) electrons. The lowest BCUT2D eigenvalue weighted by molar-refractivity contribution is 0.471. The smallest absolute Gasteiger partial charge is 0.0252 e. The fraction of sp³-hybridized carbons (Fsp3) is 1.00. The van der Waals surface area contributed by atoms with Crippen molar-refractivity contribution in [2.24, 2.45) is 0 Å². The molecule has 7 heavy (non-hydrogen) atoms. The Bertz CT molecular complexity index is 61.1. The molecule has 0 aliphatic heterocycles.